The van der Waals surface area contributed by atoms with E-state index in [1.807, 2.05) is 36.4 Å². The van der Waals surface area contributed by atoms with E-state index >= 15 is 0 Å². The molecule has 2 aromatic rings. The fourth-order valence-corrected chi connectivity index (χ4v) is 3.14. The van der Waals surface area contributed by atoms with Crippen LogP contribution in [0, 0.1) is 11.8 Å². The maximum atomic E-state index is 12.7. The third kappa shape index (κ3) is 3.42. The van der Waals surface area contributed by atoms with Crippen LogP contribution in [0.15, 0.2) is 48.8 Å². The van der Waals surface area contributed by atoms with Crippen LogP contribution in [0.25, 0.3) is 11.1 Å². The molecule has 0 saturated carbocycles. The Labute approximate surface area is 136 Å². The number of amides is 1. The molecule has 1 saturated heterocycles. The SMILES string of the molecule is CC(C)[C@H]1OCC[C@H]1C(=O)Nc1cnccc1-c1ccccc1. The average molecular weight is 310 g/mol. The maximum Gasteiger partial charge on any atom is 0.230 e. The van der Waals surface area contributed by atoms with Crippen LogP contribution in [0.5, 0.6) is 0 Å². The first-order valence-corrected chi connectivity index (χ1v) is 8.08. The molecule has 1 aliphatic rings. The molecule has 0 spiro atoms. The van der Waals surface area contributed by atoms with Crippen LogP contribution in [-0.2, 0) is 9.53 Å². The molecular weight excluding hydrogens is 288 g/mol. The normalized spacial score (nSPS) is 20.7. The molecule has 1 N–H and O–H groups in total. The van der Waals surface area contributed by atoms with Gasteiger partial charge in [-0.05, 0) is 24.0 Å². The molecule has 0 radical (unpaired) electrons. The Hall–Kier alpha value is -2.20. The molecule has 1 aliphatic heterocycles. The third-order valence-electron chi connectivity index (χ3n) is 4.29. The van der Waals surface area contributed by atoms with Gasteiger partial charge < -0.3 is 10.1 Å². The second kappa shape index (κ2) is 6.92. The molecule has 3 rings (SSSR count). The highest BCUT2D eigenvalue weighted by Gasteiger charge is 2.36. The van der Waals surface area contributed by atoms with Crippen molar-refractivity contribution in [3.63, 3.8) is 0 Å². The van der Waals surface area contributed by atoms with Gasteiger partial charge >= 0.3 is 0 Å². The van der Waals surface area contributed by atoms with Crippen LogP contribution < -0.4 is 5.32 Å². The summed E-state index contributed by atoms with van der Waals surface area (Å²) in [4.78, 5) is 16.9. The number of benzene rings is 1. The monoisotopic (exact) mass is 310 g/mol. The molecule has 120 valence electrons. The number of hydrogen-bond donors (Lipinski definition) is 1. The Morgan fingerprint density at radius 3 is 2.78 bits per heavy atom. The summed E-state index contributed by atoms with van der Waals surface area (Å²) >= 11 is 0. The lowest BCUT2D eigenvalue weighted by molar-refractivity contribution is -0.122. The smallest absolute Gasteiger partial charge is 0.230 e. The quantitative estimate of drug-likeness (QED) is 0.935. The van der Waals surface area contributed by atoms with Crippen molar-refractivity contribution in [3.05, 3.63) is 48.8 Å². The lowest BCUT2D eigenvalue weighted by atomic mass is 9.92. The molecule has 2 atom stereocenters. The summed E-state index contributed by atoms with van der Waals surface area (Å²) in [6.45, 7) is 4.84. The molecule has 1 aromatic carbocycles. The number of nitrogens with zero attached hydrogens (tertiary/aromatic N) is 1. The molecule has 1 fully saturated rings. The van der Waals surface area contributed by atoms with E-state index in [1.54, 1.807) is 12.4 Å². The van der Waals surface area contributed by atoms with Gasteiger partial charge in [-0.15, -0.1) is 0 Å². The summed E-state index contributed by atoms with van der Waals surface area (Å²) < 4.78 is 5.72. The first-order chi connectivity index (χ1) is 11.2. The van der Waals surface area contributed by atoms with Crippen molar-refractivity contribution in [2.45, 2.75) is 26.4 Å². The van der Waals surface area contributed by atoms with Crippen LogP contribution in [-0.4, -0.2) is 23.6 Å². The maximum absolute atomic E-state index is 12.7. The minimum atomic E-state index is -0.0983. The summed E-state index contributed by atoms with van der Waals surface area (Å²) in [5.41, 5.74) is 2.79. The van der Waals surface area contributed by atoms with Gasteiger partial charge in [0.15, 0.2) is 0 Å². The summed E-state index contributed by atoms with van der Waals surface area (Å²) in [6.07, 6.45) is 4.22. The number of nitrogens with one attached hydrogen (secondary N) is 1. The zero-order valence-corrected chi connectivity index (χ0v) is 13.5. The number of rotatable bonds is 4. The number of carbonyl (C=O) groups excluding carboxylic acids is 1. The summed E-state index contributed by atoms with van der Waals surface area (Å²) in [6, 6.07) is 11.9. The molecule has 0 unspecified atom stereocenters. The third-order valence-corrected chi connectivity index (χ3v) is 4.29. The van der Waals surface area contributed by atoms with E-state index in [0.717, 1.165) is 23.2 Å². The number of aromatic nitrogens is 1. The van der Waals surface area contributed by atoms with E-state index in [2.05, 4.69) is 24.1 Å². The predicted molar refractivity (Wildman–Crippen MR) is 91.0 cm³/mol. The summed E-state index contributed by atoms with van der Waals surface area (Å²) in [5, 5.41) is 3.05. The second-order valence-electron chi connectivity index (χ2n) is 6.25. The Morgan fingerprint density at radius 2 is 2.04 bits per heavy atom. The first kappa shape index (κ1) is 15.7. The molecule has 2 heterocycles. The van der Waals surface area contributed by atoms with E-state index in [0.29, 0.717) is 12.5 Å². The van der Waals surface area contributed by atoms with Crippen molar-refractivity contribution >= 4 is 11.6 Å². The van der Waals surface area contributed by atoms with Gasteiger partial charge in [0.2, 0.25) is 5.91 Å². The van der Waals surface area contributed by atoms with Gasteiger partial charge in [-0.1, -0.05) is 44.2 Å². The first-order valence-electron chi connectivity index (χ1n) is 8.08. The van der Waals surface area contributed by atoms with Crippen LogP contribution in [0.3, 0.4) is 0 Å². The van der Waals surface area contributed by atoms with E-state index in [-0.39, 0.29) is 17.9 Å². The highest BCUT2D eigenvalue weighted by Crippen LogP contribution is 2.31. The number of ether oxygens (including phenoxy) is 1. The molecular formula is C19H22N2O2. The average Bonchev–Trinajstić information content (AvgIpc) is 3.06. The van der Waals surface area contributed by atoms with Crippen molar-refractivity contribution in [1.29, 1.82) is 0 Å². The van der Waals surface area contributed by atoms with E-state index < -0.39 is 0 Å². The molecule has 0 bridgehead atoms. The number of carbonyl (C=O) groups is 1. The molecule has 1 amide bonds. The highest BCUT2D eigenvalue weighted by atomic mass is 16.5. The van der Waals surface area contributed by atoms with Crippen molar-refractivity contribution < 1.29 is 9.53 Å². The van der Waals surface area contributed by atoms with Crippen LogP contribution in [0.2, 0.25) is 0 Å². The van der Waals surface area contributed by atoms with E-state index in [1.165, 1.54) is 0 Å². The largest absolute Gasteiger partial charge is 0.377 e. The standard InChI is InChI=1S/C19H22N2O2/c1-13(2)18-16(9-11-23-18)19(22)21-17-12-20-10-8-15(17)14-6-4-3-5-7-14/h3-8,10,12-13,16,18H,9,11H2,1-2H3,(H,21,22)/t16-,18-/m1/s1. The highest BCUT2D eigenvalue weighted by molar-refractivity contribution is 5.96. The molecule has 4 heteroatoms. The van der Waals surface area contributed by atoms with Gasteiger partial charge in [0.25, 0.3) is 0 Å². The fraction of sp³-hybridized carbons (Fsp3) is 0.368. The lowest BCUT2D eigenvalue weighted by Crippen LogP contribution is -2.33. The summed E-state index contributed by atoms with van der Waals surface area (Å²) in [5.74, 6) is 0.251. The van der Waals surface area contributed by atoms with Gasteiger partial charge in [0, 0.05) is 18.4 Å². The fourth-order valence-electron chi connectivity index (χ4n) is 3.14. The topological polar surface area (TPSA) is 51.2 Å². The lowest BCUT2D eigenvalue weighted by Gasteiger charge is -2.21. The predicted octanol–water partition coefficient (Wildman–Crippen LogP) is 3.75. The van der Waals surface area contributed by atoms with Gasteiger partial charge in [-0.25, -0.2) is 0 Å². The van der Waals surface area contributed by atoms with Crippen molar-refractivity contribution in [3.8, 4) is 11.1 Å². The Balaban J connectivity index is 1.82. The Bertz CT molecular complexity index is 670. The van der Waals surface area contributed by atoms with Crippen molar-refractivity contribution in [2.24, 2.45) is 11.8 Å². The van der Waals surface area contributed by atoms with Crippen LogP contribution in [0.4, 0.5) is 5.69 Å². The van der Waals surface area contributed by atoms with Crippen molar-refractivity contribution in [1.82, 2.24) is 4.98 Å². The number of pyridine rings is 1. The molecule has 0 aliphatic carbocycles. The van der Waals surface area contributed by atoms with Gasteiger partial charge in [0.05, 0.1) is 23.9 Å². The van der Waals surface area contributed by atoms with Gasteiger partial charge in [0.1, 0.15) is 0 Å². The second-order valence-corrected chi connectivity index (χ2v) is 6.25. The minimum Gasteiger partial charge on any atom is -0.377 e. The van der Waals surface area contributed by atoms with Gasteiger partial charge in [-0.3, -0.25) is 9.78 Å². The zero-order chi connectivity index (χ0) is 16.2. The molecule has 23 heavy (non-hydrogen) atoms. The minimum absolute atomic E-state index is 0.00755. The van der Waals surface area contributed by atoms with Crippen LogP contribution >= 0.6 is 0 Å². The number of hydrogen-bond acceptors (Lipinski definition) is 3. The van der Waals surface area contributed by atoms with Crippen molar-refractivity contribution in [2.75, 3.05) is 11.9 Å². The Morgan fingerprint density at radius 1 is 1.26 bits per heavy atom. The summed E-state index contributed by atoms with van der Waals surface area (Å²) in [7, 11) is 0. The van der Waals surface area contributed by atoms with Crippen LogP contribution in [0.1, 0.15) is 20.3 Å². The van der Waals surface area contributed by atoms with E-state index in [9.17, 15) is 4.79 Å². The molecule has 4 nitrogen and oxygen atoms in total. The zero-order valence-electron chi connectivity index (χ0n) is 13.5. The Kier molecular flexibility index (Phi) is 4.72. The van der Waals surface area contributed by atoms with Gasteiger partial charge in [-0.2, -0.15) is 0 Å². The van der Waals surface area contributed by atoms with E-state index in [4.69, 9.17) is 4.74 Å². The molecule has 1 aromatic heterocycles. The number of anilines is 1.